The predicted molar refractivity (Wildman–Crippen MR) is 71.1 cm³/mol. The first-order chi connectivity index (χ1) is 8.38. The summed E-state index contributed by atoms with van der Waals surface area (Å²) in [4.78, 5) is 2.35. The highest BCUT2D eigenvalue weighted by atomic mass is 19.1. The average molecular weight is 249 g/mol. The van der Waals surface area contributed by atoms with E-state index in [0.717, 1.165) is 12.1 Å². The highest BCUT2D eigenvalue weighted by molar-refractivity contribution is 5.95. The highest BCUT2D eigenvalue weighted by Gasteiger charge is 2.31. The van der Waals surface area contributed by atoms with E-state index in [1.165, 1.54) is 25.0 Å². The van der Waals surface area contributed by atoms with E-state index in [1.807, 2.05) is 0 Å². The van der Waals surface area contributed by atoms with Crippen LogP contribution in [0.5, 0.6) is 0 Å². The van der Waals surface area contributed by atoms with Crippen LogP contribution in [0.2, 0.25) is 0 Å². The fraction of sp³-hybridized carbons (Fsp3) is 0.500. The van der Waals surface area contributed by atoms with Gasteiger partial charge < -0.3 is 5.73 Å². The lowest BCUT2D eigenvalue weighted by atomic mass is 10.0. The zero-order valence-corrected chi connectivity index (χ0v) is 11.0. The number of nitrogen functional groups attached to an aromatic ring is 1. The second kappa shape index (κ2) is 4.69. The van der Waals surface area contributed by atoms with Crippen molar-refractivity contribution in [2.45, 2.75) is 38.8 Å². The van der Waals surface area contributed by atoms with Gasteiger partial charge in [-0.1, -0.05) is 0 Å². The molecule has 0 radical (unpaired) electrons. The lowest BCUT2D eigenvalue weighted by molar-refractivity contribution is 0.166. The zero-order valence-electron chi connectivity index (χ0n) is 11.0. The average Bonchev–Trinajstić information content (AvgIpc) is 2.57. The van der Waals surface area contributed by atoms with E-state index >= 15 is 0 Å². The number of nitrogens with zero attached hydrogens (tertiary/aromatic N) is 1. The van der Waals surface area contributed by atoms with Crippen LogP contribution in [-0.4, -0.2) is 22.8 Å². The summed E-state index contributed by atoms with van der Waals surface area (Å²) < 4.78 is 13.5. The van der Waals surface area contributed by atoms with Crippen molar-refractivity contribution >= 4 is 5.84 Å². The molecular formula is C14H20FN3. The standard InChI is InChI=1S/C14H20FN3/c1-14(2)4-3-5-18(14)9-10-6-11(13(16)17)8-12(15)7-10/h6-8H,3-5,9H2,1-2H3,(H3,16,17). The second-order valence-electron chi connectivity index (χ2n) is 5.60. The third kappa shape index (κ3) is 2.70. The largest absolute Gasteiger partial charge is 0.384 e. The molecular weight excluding hydrogens is 229 g/mol. The monoisotopic (exact) mass is 249 g/mol. The Morgan fingerprint density at radius 2 is 2.17 bits per heavy atom. The van der Waals surface area contributed by atoms with Crippen molar-refractivity contribution in [3.05, 3.63) is 35.1 Å². The molecule has 98 valence electrons. The lowest BCUT2D eigenvalue weighted by Gasteiger charge is -2.31. The molecule has 3 N–H and O–H groups in total. The molecule has 1 aliphatic heterocycles. The molecule has 1 saturated heterocycles. The molecule has 0 spiro atoms. The van der Waals surface area contributed by atoms with Gasteiger partial charge in [-0.3, -0.25) is 10.3 Å². The van der Waals surface area contributed by atoms with Gasteiger partial charge in [0, 0.05) is 17.6 Å². The van der Waals surface area contributed by atoms with Crippen LogP contribution in [0.1, 0.15) is 37.8 Å². The molecule has 0 saturated carbocycles. The number of nitrogens with two attached hydrogens (primary N) is 1. The number of hydrogen-bond acceptors (Lipinski definition) is 2. The van der Waals surface area contributed by atoms with Crippen LogP contribution in [0.4, 0.5) is 4.39 Å². The van der Waals surface area contributed by atoms with E-state index in [9.17, 15) is 4.39 Å². The van der Waals surface area contributed by atoms with Crippen molar-refractivity contribution in [2.24, 2.45) is 5.73 Å². The Morgan fingerprint density at radius 3 is 2.72 bits per heavy atom. The molecule has 0 aromatic heterocycles. The molecule has 1 aromatic rings. The lowest BCUT2D eigenvalue weighted by Crippen LogP contribution is -2.37. The number of halogens is 1. The van der Waals surface area contributed by atoms with E-state index in [4.69, 9.17) is 11.1 Å². The van der Waals surface area contributed by atoms with Gasteiger partial charge in [0.25, 0.3) is 0 Å². The Labute approximate surface area is 107 Å². The molecule has 0 unspecified atom stereocenters. The summed E-state index contributed by atoms with van der Waals surface area (Å²) in [5.41, 5.74) is 6.93. The fourth-order valence-corrected chi connectivity index (χ4v) is 2.57. The predicted octanol–water partition coefficient (Wildman–Crippen LogP) is 2.48. The molecule has 1 fully saturated rings. The summed E-state index contributed by atoms with van der Waals surface area (Å²) in [5.74, 6) is -0.411. The Morgan fingerprint density at radius 1 is 1.44 bits per heavy atom. The van der Waals surface area contributed by atoms with Gasteiger partial charge in [0.1, 0.15) is 11.7 Å². The van der Waals surface area contributed by atoms with Gasteiger partial charge >= 0.3 is 0 Å². The van der Waals surface area contributed by atoms with Gasteiger partial charge in [-0.15, -0.1) is 0 Å². The molecule has 1 heterocycles. The number of benzene rings is 1. The minimum absolute atomic E-state index is 0.0866. The first kappa shape index (κ1) is 13.0. The van der Waals surface area contributed by atoms with E-state index < -0.39 is 0 Å². The second-order valence-corrected chi connectivity index (χ2v) is 5.60. The van der Waals surface area contributed by atoms with Crippen molar-refractivity contribution in [3.63, 3.8) is 0 Å². The van der Waals surface area contributed by atoms with Gasteiger partial charge in [-0.05, 0) is 57.0 Å². The third-order valence-electron chi connectivity index (χ3n) is 3.71. The minimum Gasteiger partial charge on any atom is -0.384 e. The maximum Gasteiger partial charge on any atom is 0.124 e. The maximum atomic E-state index is 13.5. The van der Waals surface area contributed by atoms with Crippen molar-refractivity contribution in [3.8, 4) is 0 Å². The highest BCUT2D eigenvalue weighted by Crippen LogP contribution is 2.29. The quantitative estimate of drug-likeness (QED) is 0.638. The fourth-order valence-electron chi connectivity index (χ4n) is 2.57. The van der Waals surface area contributed by atoms with Crippen LogP contribution in [0, 0.1) is 11.2 Å². The number of hydrogen-bond donors (Lipinski definition) is 2. The molecule has 0 amide bonds. The third-order valence-corrected chi connectivity index (χ3v) is 3.71. The number of likely N-dealkylation sites (tertiary alicyclic amines) is 1. The first-order valence-electron chi connectivity index (χ1n) is 6.27. The summed E-state index contributed by atoms with van der Waals surface area (Å²) in [7, 11) is 0. The van der Waals surface area contributed by atoms with Crippen molar-refractivity contribution in [1.29, 1.82) is 5.41 Å². The summed E-state index contributed by atoms with van der Waals surface area (Å²) in [6, 6.07) is 4.64. The molecule has 4 heteroatoms. The minimum atomic E-state index is -0.324. The van der Waals surface area contributed by atoms with Crippen molar-refractivity contribution < 1.29 is 4.39 Å². The Hall–Kier alpha value is -1.42. The van der Waals surface area contributed by atoms with Crippen LogP contribution >= 0.6 is 0 Å². The van der Waals surface area contributed by atoms with Crippen LogP contribution < -0.4 is 5.73 Å². The first-order valence-corrected chi connectivity index (χ1v) is 6.27. The Balaban J connectivity index is 2.21. The molecule has 1 aromatic carbocycles. The number of rotatable bonds is 3. The summed E-state index contributed by atoms with van der Waals surface area (Å²) >= 11 is 0. The van der Waals surface area contributed by atoms with Gasteiger partial charge in [-0.25, -0.2) is 4.39 Å². The van der Waals surface area contributed by atoms with Crippen molar-refractivity contribution in [2.75, 3.05) is 6.54 Å². The summed E-state index contributed by atoms with van der Waals surface area (Å²) in [6.45, 7) is 6.18. The van der Waals surface area contributed by atoms with Crippen LogP contribution in [-0.2, 0) is 6.54 Å². The smallest absolute Gasteiger partial charge is 0.124 e. The topological polar surface area (TPSA) is 53.1 Å². The normalized spacial score (nSPS) is 19.1. The van der Waals surface area contributed by atoms with E-state index in [1.54, 1.807) is 6.07 Å². The summed E-state index contributed by atoms with van der Waals surface area (Å²) in [6.07, 6.45) is 2.35. The van der Waals surface area contributed by atoms with Crippen LogP contribution in [0.25, 0.3) is 0 Å². The molecule has 1 aliphatic rings. The van der Waals surface area contributed by atoms with Crippen LogP contribution in [0.15, 0.2) is 18.2 Å². The van der Waals surface area contributed by atoms with Gasteiger partial charge in [0.05, 0.1) is 0 Å². The Kier molecular flexibility index (Phi) is 3.39. The van der Waals surface area contributed by atoms with Gasteiger partial charge in [0.2, 0.25) is 0 Å². The molecule has 0 aliphatic carbocycles. The van der Waals surface area contributed by atoms with E-state index in [-0.39, 0.29) is 17.2 Å². The van der Waals surface area contributed by atoms with E-state index in [0.29, 0.717) is 12.1 Å². The molecule has 0 atom stereocenters. The SMILES string of the molecule is CC1(C)CCCN1Cc1cc(F)cc(C(=N)N)c1. The number of amidine groups is 1. The Bertz CT molecular complexity index is 468. The zero-order chi connectivity index (χ0) is 13.3. The molecule has 2 rings (SSSR count). The maximum absolute atomic E-state index is 13.5. The number of nitrogens with one attached hydrogen (secondary N) is 1. The van der Waals surface area contributed by atoms with E-state index in [2.05, 4.69) is 18.7 Å². The molecule has 0 bridgehead atoms. The summed E-state index contributed by atoms with van der Waals surface area (Å²) in [5, 5.41) is 7.39. The van der Waals surface area contributed by atoms with Gasteiger partial charge in [-0.2, -0.15) is 0 Å². The van der Waals surface area contributed by atoms with Crippen LogP contribution in [0.3, 0.4) is 0 Å². The molecule has 3 nitrogen and oxygen atoms in total. The van der Waals surface area contributed by atoms with Gasteiger partial charge in [0.15, 0.2) is 0 Å². The molecule has 18 heavy (non-hydrogen) atoms. The van der Waals surface area contributed by atoms with Crippen molar-refractivity contribution in [1.82, 2.24) is 4.90 Å².